The van der Waals surface area contributed by atoms with E-state index in [9.17, 15) is 4.91 Å². The monoisotopic (exact) mass is 327 g/mol. The average Bonchev–Trinajstić information content (AvgIpc) is 3.21. The van der Waals surface area contributed by atoms with Crippen LogP contribution in [0.15, 0.2) is 28.5 Å². The van der Waals surface area contributed by atoms with E-state index in [1.807, 2.05) is 0 Å². The second-order valence-corrected chi connectivity index (χ2v) is 9.14. The lowest BCUT2D eigenvalue weighted by Gasteiger charge is -2.54. The molecule has 0 aromatic rings. The molecule has 0 bridgehead atoms. The van der Waals surface area contributed by atoms with Gasteiger partial charge in [-0.15, -0.1) is 0 Å². The van der Waals surface area contributed by atoms with Gasteiger partial charge in [-0.3, -0.25) is 0 Å². The van der Waals surface area contributed by atoms with E-state index in [2.05, 4.69) is 24.3 Å². The van der Waals surface area contributed by atoms with Crippen LogP contribution in [-0.4, -0.2) is 18.2 Å². The Hall–Kier alpha value is -0.960. The molecule has 0 aromatic carbocycles. The fourth-order valence-electron chi connectivity index (χ4n) is 7.31. The molecule has 6 atom stereocenters. The molecule has 2 saturated carbocycles. The zero-order valence-corrected chi connectivity index (χ0v) is 14.8. The van der Waals surface area contributed by atoms with Crippen molar-refractivity contribution in [3.63, 3.8) is 0 Å². The smallest absolute Gasteiger partial charge is 0.0959 e. The minimum Gasteiger partial charge on any atom is -0.366 e. The fourth-order valence-corrected chi connectivity index (χ4v) is 7.31. The van der Waals surface area contributed by atoms with Crippen LogP contribution in [0.1, 0.15) is 64.7 Å². The highest BCUT2D eigenvalue weighted by molar-refractivity contribution is 5.30. The Morgan fingerprint density at radius 3 is 2.88 bits per heavy atom. The van der Waals surface area contributed by atoms with E-state index in [0.717, 1.165) is 43.6 Å². The van der Waals surface area contributed by atoms with Crippen LogP contribution in [0.5, 0.6) is 0 Å². The summed E-state index contributed by atoms with van der Waals surface area (Å²) in [5.74, 6) is 2.45. The van der Waals surface area contributed by atoms with Gasteiger partial charge in [0.05, 0.1) is 18.2 Å². The van der Waals surface area contributed by atoms with E-state index in [0.29, 0.717) is 5.41 Å². The van der Waals surface area contributed by atoms with Gasteiger partial charge < -0.3 is 4.74 Å². The number of hydrogen-bond acceptors (Lipinski definition) is 3. The van der Waals surface area contributed by atoms with Crippen LogP contribution in [0.3, 0.4) is 0 Å². The van der Waals surface area contributed by atoms with Crippen molar-refractivity contribution < 1.29 is 4.74 Å². The standard InChI is InChI=1S/C21H29NO2/c1-20-10-7-17-16-6-4-15(22-23)13-14(16)3-5-18(17)19(20)8-11-21(20)9-2-12-24-21/h2,9,15,17-19H,3-8,10-13H2,1H3/t15?,17?,18?,19?,20-,21-/m0/s1. The van der Waals surface area contributed by atoms with Crippen LogP contribution in [-0.2, 0) is 4.74 Å². The predicted octanol–water partition coefficient (Wildman–Crippen LogP) is 5.16. The molecule has 0 aromatic heterocycles. The Morgan fingerprint density at radius 1 is 1.17 bits per heavy atom. The summed E-state index contributed by atoms with van der Waals surface area (Å²) in [5, 5.41) is 3.35. The molecular formula is C21H29NO2. The van der Waals surface area contributed by atoms with E-state index in [-0.39, 0.29) is 11.6 Å². The molecule has 24 heavy (non-hydrogen) atoms. The molecule has 1 spiro atoms. The van der Waals surface area contributed by atoms with Gasteiger partial charge in [0.1, 0.15) is 0 Å². The molecule has 1 aliphatic heterocycles. The van der Waals surface area contributed by atoms with Gasteiger partial charge in [0.15, 0.2) is 0 Å². The number of rotatable bonds is 1. The van der Waals surface area contributed by atoms with Crippen LogP contribution in [0, 0.1) is 28.1 Å². The lowest BCUT2D eigenvalue weighted by atomic mass is 9.52. The molecule has 1 heterocycles. The number of fused-ring (bicyclic) bond motifs is 5. The van der Waals surface area contributed by atoms with Crippen molar-refractivity contribution in [2.45, 2.75) is 76.4 Å². The zero-order valence-electron chi connectivity index (χ0n) is 14.8. The summed E-state index contributed by atoms with van der Waals surface area (Å²) >= 11 is 0. The molecule has 0 radical (unpaired) electrons. The Balaban J connectivity index is 1.45. The Bertz CT molecular complexity index is 623. The van der Waals surface area contributed by atoms with Gasteiger partial charge in [0, 0.05) is 5.41 Å². The first-order valence-corrected chi connectivity index (χ1v) is 10.0. The van der Waals surface area contributed by atoms with Crippen LogP contribution >= 0.6 is 0 Å². The van der Waals surface area contributed by atoms with Gasteiger partial charge in [0.2, 0.25) is 0 Å². The quantitative estimate of drug-likeness (QED) is 0.492. The molecule has 3 heteroatoms. The van der Waals surface area contributed by atoms with Gasteiger partial charge in [-0.2, -0.15) is 4.91 Å². The lowest BCUT2D eigenvalue weighted by molar-refractivity contribution is -0.100. The summed E-state index contributed by atoms with van der Waals surface area (Å²) in [4.78, 5) is 11.0. The first-order valence-electron chi connectivity index (χ1n) is 10.0. The summed E-state index contributed by atoms with van der Waals surface area (Å²) in [5.41, 5.74) is 3.73. The topological polar surface area (TPSA) is 38.7 Å². The van der Waals surface area contributed by atoms with E-state index in [1.54, 1.807) is 11.1 Å². The van der Waals surface area contributed by atoms with E-state index in [4.69, 9.17) is 4.74 Å². The number of allylic oxidation sites excluding steroid dienone is 1. The van der Waals surface area contributed by atoms with Crippen molar-refractivity contribution in [2.24, 2.45) is 28.3 Å². The van der Waals surface area contributed by atoms with Crippen molar-refractivity contribution in [2.75, 3.05) is 6.61 Å². The first kappa shape index (κ1) is 15.3. The molecule has 0 amide bonds. The first-order chi connectivity index (χ1) is 11.7. The average molecular weight is 327 g/mol. The summed E-state index contributed by atoms with van der Waals surface area (Å²) in [7, 11) is 0. The van der Waals surface area contributed by atoms with Crippen molar-refractivity contribution in [1.29, 1.82) is 0 Å². The largest absolute Gasteiger partial charge is 0.366 e. The minimum absolute atomic E-state index is 0.0381. The lowest BCUT2D eigenvalue weighted by Crippen LogP contribution is -2.51. The zero-order chi connectivity index (χ0) is 16.4. The summed E-state index contributed by atoms with van der Waals surface area (Å²) < 4.78 is 6.32. The van der Waals surface area contributed by atoms with Gasteiger partial charge in [0.25, 0.3) is 0 Å². The van der Waals surface area contributed by atoms with Crippen molar-refractivity contribution in [3.8, 4) is 0 Å². The van der Waals surface area contributed by atoms with Crippen LogP contribution < -0.4 is 0 Å². The summed E-state index contributed by atoms with van der Waals surface area (Å²) in [6.07, 6.45) is 15.5. The van der Waals surface area contributed by atoms with E-state index in [1.165, 1.54) is 38.5 Å². The summed E-state index contributed by atoms with van der Waals surface area (Å²) in [6, 6.07) is 0.0564. The second kappa shape index (κ2) is 5.27. The predicted molar refractivity (Wildman–Crippen MR) is 94.6 cm³/mol. The molecular weight excluding hydrogens is 298 g/mol. The Labute approximate surface area is 144 Å². The van der Waals surface area contributed by atoms with E-state index >= 15 is 0 Å². The van der Waals surface area contributed by atoms with Crippen molar-refractivity contribution in [1.82, 2.24) is 0 Å². The minimum atomic E-state index is 0.0381. The second-order valence-electron chi connectivity index (χ2n) is 9.14. The highest BCUT2D eigenvalue weighted by Crippen LogP contribution is 2.66. The van der Waals surface area contributed by atoms with Crippen LogP contribution in [0.2, 0.25) is 0 Å². The molecule has 0 saturated heterocycles. The summed E-state index contributed by atoms with van der Waals surface area (Å²) in [6.45, 7) is 3.33. The maximum absolute atomic E-state index is 11.0. The third-order valence-electron chi connectivity index (χ3n) is 8.50. The normalized spacial score (nSPS) is 49.9. The molecule has 0 N–H and O–H groups in total. The molecule has 4 unspecified atom stereocenters. The van der Waals surface area contributed by atoms with Crippen LogP contribution in [0.4, 0.5) is 0 Å². The number of nitrogens with zero attached hydrogens (tertiary/aromatic N) is 1. The third-order valence-corrected chi connectivity index (χ3v) is 8.50. The van der Waals surface area contributed by atoms with Gasteiger partial charge in [-0.25, -0.2) is 0 Å². The maximum Gasteiger partial charge on any atom is 0.0959 e. The number of hydrogen-bond donors (Lipinski definition) is 0. The third kappa shape index (κ3) is 1.88. The van der Waals surface area contributed by atoms with Gasteiger partial charge in [-0.1, -0.05) is 35.4 Å². The highest BCUT2D eigenvalue weighted by atomic mass is 16.5. The molecule has 130 valence electrons. The Morgan fingerprint density at radius 2 is 2.08 bits per heavy atom. The Kier molecular flexibility index (Phi) is 3.36. The van der Waals surface area contributed by atoms with Crippen molar-refractivity contribution in [3.05, 3.63) is 28.2 Å². The molecule has 5 rings (SSSR count). The highest BCUT2D eigenvalue weighted by Gasteiger charge is 2.62. The molecule has 3 nitrogen and oxygen atoms in total. The van der Waals surface area contributed by atoms with E-state index < -0.39 is 0 Å². The van der Waals surface area contributed by atoms with Crippen LogP contribution in [0.25, 0.3) is 0 Å². The van der Waals surface area contributed by atoms with Gasteiger partial charge in [-0.05, 0) is 75.5 Å². The SMILES string of the molecule is C[C@]12CCC3C4=C(CCC3C1CC[C@@]21C=CCO1)CC(N=O)CC4. The molecule has 2 fully saturated rings. The number of ether oxygens (including phenoxy) is 1. The maximum atomic E-state index is 11.0. The number of nitroso groups, excluding NO2 is 1. The molecule has 5 aliphatic rings. The van der Waals surface area contributed by atoms with Gasteiger partial charge >= 0.3 is 0 Å². The van der Waals surface area contributed by atoms with Crippen molar-refractivity contribution >= 4 is 0 Å². The molecule has 4 aliphatic carbocycles. The fraction of sp³-hybridized carbons (Fsp3) is 0.810.